The van der Waals surface area contributed by atoms with Crippen LogP contribution in [-0.4, -0.2) is 12.1 Å². The van der Waals surface area contributed by atoms with E-state index in [1.165, 1.54) is 0 Å². The van der Waals surface area contributed by atoms with Gasteiger partial charge in [-0.2, -0.15) is 5.26 Å². The number of ether oxygens (including phenoxy) is 1. The molecule has 0 fully saturated rings. The van der Waals surface area contributed by atoms with E-state index in [0.29, 0.717) is 16.3 Å². The minimum atomic E-state index is 0.552. The van der Waals surface area contributed by atoms with Crippen molar-refractivity contribution in [2.24, 2.45) is 0 Å². The van der Waals surface area contributed by atoms with Gasteiger partial charge < -0.3 is 9.72 Å². The van der Waals surface area contributed by atoms with Crippen LogP contribution >= 0.6 is 11.6 Å². The Labute approximate surface area is 105 Å². The third-order valence-corrected chi connectivity index (χ3v) is 2.89. The highest BCUT2D eigenvalue weighted by Gasteiger charge is 2.08. The molecule has 17 heavy (non-hydrogen) atoms. The van der Waals surface area contributed by atoms with E-state index in [9.17, 15) is 0 Å². The van der Waals surface area contributed by atoms with E-state index >= 15 is 0 Å². The molecule has 0 radical (unpaired) electrons. The Morgan fingerprint density at radius 2 is 2.12 bits per heavy atom. The molecule has 0 amide bonds. The molecule has 2 aromatic rings. The van der Waals surface area contributed by atoms with Gasteiger partial charge in [0.05, 0.1) is 17.7 Å². The van der Waals surface area contributed by atoms with Gasteiger partial charge in [0.15, 0.2) is 0 Å². The van der Waals surface area contributed by atoms with Crippen LogP contribution in [0.3, 0.4) is 0 Å². The topological polar surface area (TPSA) is 48.8 Å². The number of aromatic nitrogens is 1. The minimum Gasteiger partial charge on any atom is -0.495 e. The Balaban J connectivity index is 2.47. The Morgan fingerprint density at radius 3 is 2.65 bits per heavy atom. The summed E-state index contributed by atoms with van der Waals surface area (Å²) in [7, 11) is 1.58. The Hall–Kier alpha value is -1.92. The van der Waals surface area contributed by atoms with Crippen molar-refractivity contribution in [2.45, 2.75) is 6.92 Å². The van der Waals surface area contributed by atoms with Gasteiger partial charge in [-0.1, -0.05) is 11.6 Å². The van der Waals surface area contributed by atoms with E-state index in [4.69, 9.17) is 21.6 Å². The predicted octanol–water partition coefficient (Wildman–Crippen LogP) is 3.52. The van der Waals surface area contributed by atoms with Crippen LogP contribution < -0.4 is 4.74 Å². The maximum Gasteiger partial charge on any atom is 0.137 e. The van der Waals surface area contributed by atoms with Crippen molar-refractivity contribution in [1.82, 2.24) is 4.98 Å². The standard InChI is InChI=1S/C13H11ClN2O/c1-8-10(7-15)6-12(16-8)9-3-4-13(17-2)11(14)5-9/h3-6,16H,1-2H3. The summed E-state index contributed by atoms with van der Waals surface area (Å²) in [6.07, 6.45) is 0. The molecule has 0 atom stereocenters. The number of halogens is 1. The number of nitrogens with one attached hydrogen (secondary N) is 1. The lowest BCUT2D eigenvalue weighted by Gasteiger charge is -2.04. The first-order chi connectivity index (χ1) is 8.15. The van der Waals surface area contributed by atoms with E-state index in [1.54, 1.807) is 13.2 Å². The van der Waals surface area contributed by atoms with E-state index in [1.807, 2.05) is 25.1 Å². The fourth-order valence-electron chi connectivity index (χ4n) is 1.66. The fourth-order valence-corrected chi connectivity index (χ4v) is 1.92. The van der Waals surface area contributed by atoms with Gasteiger partial charge in [0.2, 0.25) is 0 Å². The number of benzene rings is 1. The lowest BCUT2D eigenvalue weighted by molar-refractivity contribution is 0.415. The van der Waals surface area contributed by atoms with Gasteiger partial charge in [0.1, 0.15) is 11.8 Å². The summed E-state index contributed by atoms with van der Waals surface area (Å²) < 4.78 is 5.09. The maximum atomic E-state index is 8.90. The molecule has 0 saturated heterocycles. The molecule has 0 saturated carbocycles. The molecule has 1 aromatic carbocycles. The molecule has 1 N–H and O–H groups in total. The summed E-state index contributed by atoms with van der Waals surface area (Å²) >= 11 is 6.06. The summed E-state index contributed by atoms with van der Waals surface area (Å²) in [5.41, 5.74) is 3.31. The number of H-pyrrole nitrogens is 1. The number of nitriles is 1. The first kappa shape index (κ1) is 11.6. The van der Waals surface area contributed by atoms with Gasteiger partial charge in [0, 0.05) is 11.4 Å². The van der Waals surface area contributed by atoms with Crippen LogP contribution in [0, 0.1) is 18.3 Å². The number of hydrogen-bond acceptors (Lipinski definition) is 2. The van der Waals surface area contributed by atoms with Crippen molar-refractivity contribution in [3.63, 3.8) is 0 Å². The Bertz CT molecular complexity index is 596. The average Bonchev–Trinajstić information content (AvgIpc) is 2.70. The lowest BCUT2D eigenvalue weighted by atomic mass is 10.1. The van der Waals surface area contributed by atoms with Crippen molar-refractivity contribution in [3.05, 3.63) is 40.5 Å². The molecule has 0 aliphatic rings. The van der Waals surface area contributed by atoms with Crippen LogP contribution in [0.4, 0.5) is 0 Å². The minimum absolute atomic E-state index is 0.552. The molecule has 0 aliphatic carbocycles. The van der Waals surface area contributed by atoms with Gasteiger partial charge in [-0.15, -0.1) is 0 Å². The van der Waals surface area contributed by atoms with Crippen LogP contribution in [0.25, 0.3) is 11.3 Å². The highest BCUT2D eigenvalue weighted by atomic mass is 35.5. The second-order valence-electron chi connectivity index (χ2n) is 3.68. The summed E-state index contributed by atoms with van der Waals surface area (Å²) in [6, 6.07) is 9.46. The third kappa shape index (κ3) is 2.13. The van der Waals surface area contributed by atoms with Crippen molar-refractivity contribution < 1.29 is 4.74 Å². The van der Waals surface area contributed by atoms with Crippen molar-refractivity contribution in [2.75, 3.05) is 7.11 Å². The van der Waals surface area contributed by atoms with E-state index in [2.05, 4.69) is 11.1 Å². The summed E-state index contributed by atoms with van der Waals surface area (Å²) in [6.45, 7) is 1.87. The SMILES string of the molecule is COc1ccc(-c2cc(C#N)c(C)[nH]2)cc1Cl. The van der Waals surface area contributed by atoms with Crippen LogP contribution in [0.5, 0.6) is 5.75 Å². The molecule has 0 unspecified atom stereocenters. The highest BCUT2D eigenvalue weighted by molar-refractivity contribution is 6.32. The zero-order chi connectivity index (χ0) is 12.4. The van der Waals surface area contributed by atoms with Crippen molar-refractivity contribution in [1.29, 1.82) is 5.26 Å². The van der Waals surface area contributed by atoms with Crippen molar-refractivity contribution >= 4 is 11.6 Å². The summed E-state index contributed by atoms with van der Waals surface area (Å²) in [5.74, 6) is 0.638. The summed E-state index contributed by atoms with van der Waals surface area (Å²) in [4.78, 5) is 3.15. The van der Waals surface area contributed by atoms with Gasteiger partial charge in [-0.05, 0) is 36.8 Å². The van der Waals surface area contributed by atoms with Gasteiger partial charge >= 0.3 is 0 Å². The molecule has 0 aliphatic heterocycles. The Morgan fingerprint density at radius 1 is 1.35 bits per heavy atom. The zero-order valence-electron chi connectivity index (χ0n) is 9.54. The average molecular weight is 247 g/mol. The fraction of sp³-hybridized carbons (Fsp3) is 0.154. The molecular weight excluding hydrogens is 236 g/mol. The van der Waals surface area contributed by atoms with Gasteiger partial charge in [-0.3, -0.25) is 0 Å². The molecule has 3 nitrogen and oxygen atoms in total. The van der Waals surface area contributed by atoms with Gasteiger partial charge in [-0.25, -0.2) is 0 Å². The number of aromatic amines is 1. The molecule has 86 valence electrons. The molecule has 2 rings (SSSR count). The number of methoxy groups -OCH3 is 1. The molecule has 4 heteroatoms. The third-order valence-electron chi connectivity index (χ3n) is 2.60. The van der Waals surface area contributed by atoms with E-state index in [0.717, 1.165) is 17.0 Å². The zero-order valence-corrected chi connectivity index (χ0v) is 10.3. The lowest BCUT2D eigenvalue weighted by Crippen LogP contribution is -1.85. The molecular formula is C13H11ClN2O. The Kier molecular flexibility index (Phi) is 3.08. The van der Waals surface area contributed by atoms with Gasteiger partial charge in [0.25, 0.3) is 0 Å². The summed E-state index contributed by atoms with van der Waals surface area (Å²) in [5, 5.41) is 9.45. The second-order valence-corrected chi connectivity index (χ2v) is 4.09. The van der Waals surface area contributed by atoms with Crippen LogP contribution in [-0.2, 0) is 0 Å². The smallest absolute Gasteiger partial charge is 0.137 e. The first-order valence-electron chi connectivity index (χ1n) is 5.09. The number of aryl methyl sites for hydroxylation is 1. The largest absolute Gasteiger partial charge is 0.495 e. The van der Waals surface area contributed by atoms with Crippen LogP contribution in [0.1, 0.15) is 11.3 Å². The quantitative estimate of drug-likeness (QED) is 0.881. The molecule has 0 spiro atoms. The molecule has 1 heterocycles. The predicted molar refractivity (Wildman–Crippen MR) is 67.2 cm³/mol. The van der Waals surface area contributed by atoms with E-state index in [-0.39, 0.29) is 0 Å². The number of hydrogen-bond donors (Lipinski definition) is 1. The first-order valence-corrected chi connectivity index (χ1v) is 5.47. The second kappa shape index (κ2) is 4.52. The highest BCUT2D eigenvalue weighted by Crippen LogP contribution is 2.30. The van der Waals surface area contributed by atoms with Crippen LogP contribution in [0.2, 0.25) is 5.02 Å². The van der Waals surface area contributed by atoms with Crippen LogP contribution in [0.15, 0.2) is 24.3 Å². The molecule has 0 bridgehead atoms. The van der Waals surface area contributed by atoms with Crippen molar-refractivity contribution in [3.8, 4) is 23.1 Å². The molecule has 1 aromatic heterocycles. The monoisotopic (exact) mass is 246 g/mol. The number of rotatable bonds is 2. The maximum absolute atomic E-state index is 8.90. The van der Waals surface area contributed by atoms with E-state index < -0.39 is 0 Å². The number of nitrogens with zero attached hydrogens (tertiary/aromatic N) is 1. The normalized spacial score (nSPS) is 10.0.